The SMILES string of the molecule is C=NC(=NC(=NCc1ccccc1)c1ccccc1)c1ccc(-c2ccc(-c3cccc4c3-c3ccccc3C4(c3ccccc3)c3ccncc3)cc2)cc1.CC. The Morgan fingerprint density at radius 2 is 1.00 bits per heavy atom. The van der Waals surface area contributed by atoms with Crippen molar-refractivity contribution in [2.75, 3.05) is 0 Å². The van der Waals surface area contributed by atoms with Crippen LogP contribution in [0.15, 0.2) is 221 Å². The molecule has 0 saturated carbocycles. The second kappa shape index (κ2) is 17.2. The highest BCUT2D eigenvalue weighted by Gasteiger charge is 2.46. The van der Waals surface area contributed by atoms with E-state index in [1.165, 1.54) is 44.5 Å². The Morgan fingerprint density at radius 1 is 0.483 bits per heavy atom. The van der Waals surface area contributed by atoms with Crippen molar-refractivity contribution in [3.63, 3.8) is 0 Å². The molecule has 0 amide bonds. The average molecular weight is 749 g/mol. The van der Waals surface area contributed by atoms with Gasteiger partial charge in [0.05, 0.1) is 12.0 Å². The largest absolute Gasteiger partial charge is 0.265 e. The smallest absolute Gasteiger partial charge is 0.161 e. The molecule has 0 bridgehead atoms. The van der Waals surface area contributed by atoms with Crippen LogP contribution in [-0.2, 0) is 12.0 Å². The van der Waals surface area contributed by atoms with Crippen LogP contribution in [0.25, 0.3) is 33.4 Å². The molecule has 1 aromatic heterocycles. The molecule has 280 valence electrons. The number of hydrogen-bond acceptors (Lipinski definition) is 2. The van der Waals surface area contributed by atoms with Crippen molar-refractivity contribution in [2.24, 2.45) is 15.0 Å². The molecule has 0 aliphatic heterocycles. The maximum Gasteiger partial charge on any atom is 0.161 e. The summed E-state index contributed by atoms with van der Waals surface area (Å²) in [5, 5.41) is 0. The lowest BCUT2D eigenvalue weighted by molar-refractivity contribution is 0.766. The van der Waals surface area contributed by atoms with Gasteiger partial charge in [-0.1, -0.05) is 196 Å². The van der Waals surface area contributed by atoms with Crippen molar-refractivity contribution < 1.29 is 0 Å². The summed E-state index contributed by atoms with van der Waals surface area (Å²) in [6.07, 6.45) is 3.81. The second-order valence-electron chi connectivity index (χ2n) is 13.9. The molecule has 9 rings (SSSR count). The Bertz CT molecular complexity index is 2640. The number of nitrogens with zero attached hydrogens (tertiary/aromatic N) is 4. The molecule has 0 fully saturated rings. The van der Waals surface area contributed by atoms with Gasteiger partial charge < -0.3 is 0 Å². The molecule has 0 radical (unpaired) electrons. The number of hydrogen-bond donors (Lipinski definition) is 0. The Kier molecular flexibility index (Phi) is 11.2. The quantitative estimate of drug-likeness (QED) is 0.113. The first kappa shape index (κ1) is 37.6. The van der Waals surface area contributed by atoms with Crippen molar-refractivity contribution in [3.8, 4) is 33.4 Å². The van der Waals surface area contributed by atoms with Gasteiger partial charge in [-0.05, 0) is 80.0 Å². The topological polar surface area (TPSA) is 50.0 Å². The Labute approximate surface area is 341 Å². The van der Waals surface area contributed by atoms with E-state index in [0.29, 0.717) is 18.2 Å². The summed E-state index contributed by atoms with van der Waals surface area (Å²) in [7, 11) is 0. The van der Waals surface area contributed by atoms with Crippen molar-refractivity contribution >= 4 is 18.4 Å². The minimum atomic E-state index is -0.466. The first-order valence-corrected chi connectivity index (χ1v) is 19.8. The van der Waals surface area contributed by atoms with E-state index in [2.05, 4.69) is 162 Å². The monoisotopic (exact) mass is 748 g/mol. The van der Waals surface area contributed by atoms with E-state index in [-0.39, 0.29) is 0 Å². The predicted molar refractivity (Wildman–Crippen MR) is 243 cm³/mol. The van der Waals surface area contributed by atoms with E-state index < -0.39 is 5.41 Å². The number of benzene rings is 7. The summed E-state index contributed by atoms with van der Waals surface area (Å²) in [6.45, 7) is 8.38. The van der Waals surface area contributed by atoms with Crippen LogP contribution in [0.4, 0.5) is 0 Å². The maximum absolute atomic E-state index is 4.93. The average Bonchev–Trinajstić information content (AvgIpc) is 3.62. The van der Waals surface area contributed by atoms with Crippen molar-refractivity contribution in [1.82, 2.24) is 4.98 Å². The van der Waals surface area contributed by atoms with Crippen molar-refractivity contribution in [1.29, 1.82) is 0 Å². The lowest BCUT2D eigenvalue weighted by Crippen LogP contribution is -2.28. The molecular weight excluding hydrogens is 705 g/mol. The van der Waals surface area contributed by atoms with Gasteiger partial charge in [0.15, 0.2) is 11.7 Å². The molecule has 1 aliphatic carbocycles. The van der Waals surface area contributed by atoms with Crippen molar-refractivity contribution in [3.05, 3.63) is 245 Å². The van der Waals surface area contributed by atoms with E-state index in [4.69, 9.17) is 9.98 Å². The molecule has 58 heavy (non-hydrogen) atoms. The van der Waals surface area contributed by atoms with Gasteiger partial charge in [-0.15, -0.1) is 0 Å². The summed E-state index contributed by atoms with van der Waals surface area (Å²) in [5.41, 5.74) is 14.6. The molecule has 7 aromatic carbocycles. The highest BCUT2D eigenvalue weighted by molar-refractivity contribution is 6.12. The summed E-state index contributed by atoms with van der Waals surface area (Å²) < 4.78 is 0. The summed E-state index contributed by atoms with van der Waals surface area (Å²) in [5.74, 6) is 1.15. The van der Waals surface area contributed by atoms with E-state index in [1.54, 1.807) is 0 Å². The standard InChI is InChI=1S/C52H38N4.C2H6/c1-53-50(56-51(41-16-7-3-8-17-41)55-36-37-14-5-2-6-15-37)42-30-26-39(27-31-42)38-24-28-40(29-25-38)45-21-13-23-48-49(45)46-20-11-12-22-47(46)52(48,43-18-9-4-10-19-43)44-32-34-54-35-33-44;1-2/h2-35H,1,36H2;1-2H3. The van der Waals surface area contributed by atoms with Gasteiger partial charge in [0.2, 0.25) is 0 Å². The zero-order chi connectivity index (χ0) is 39.7. The van der Waals surface area contributed by atoms with E-state index in [9.17, 15) is 0 Å². The third-order valence-corrected chi connectivity index (χ3v) is 10.7. The third-order valence-electron chi connectivity index (χ3n) is 10.7. The maximum atomic E-state index is 4.93. The summed E-state index contributed by atoms with van der Waals surface area (Å²) >= 11 is 0. The number of fused-ring (bicyclic) bond motifs is 3. The second-order valence-corrected chi connectivity index (χ2v) is 13.9. The highest BCUT2D eigenvalue weighted by Crippen LogP contribution is 2.58. The highest BCUT2D eigenvalue weighted by atomic mass is 15.0. The normalized spacial score (nSPS) is 14.4. The first-order valence-electron chi connectivity index (χ1n) is 19.8. The van der Waals surface area contributed by atoms with Crippen LogP contribution in [0.5, 0.6) is 0 Å². The Hall–Kier alpha value is -7.30. The molecule has 0 N–H and O–H groups in total. The van der Waals surface area contributed by atoms with Crippen molar-refractivity contribution in [2.45, 2.75) is 25.8 Å². The van der Waals surface area contributed by atoms with Gasteiger partial charge >= 0.3 is 0 Å². The lowest BCUT2D eigenvalue weighted by Gasteiger charge is -2.33. The fourth-order valence-corrected chi connectivity index (χ4v) is 8.12. The fraction of sp³-hybridized carbons (Fsp3) is 0.0741. The predicted octanol–water partition coefficient (Wildman–Crippen LogP) is 12.9. The lowest BCUT2D eigenvalue weighted by atomic mass is 9.68. The van der Waals surface area contributed by atoms with Gasteiger partial charge in [-0.2, -0.15) is 0 Å². The van der Waals surface area contributed by atoms with Gasteiger partial charge in [0.25, 0.3) is 0 Å². The minimum Gasteiger partial charge on any atom is -0.265 e. The van der Waals surface area contributed by atoms with Crippen LogP contribution in [-0.4, -0.2) is 23.4 Å². The number of rotatable bonds is 8. The number of aliphatic imine (C=N–C) groups is 3. The molecule has 4 nitrogen and oxygen atoms in total. The number of aromatic nitrogens is 1. The molecule has 0 spiro atoms. The van der Waals surface area contributed by atoms with Crippen LogP contribution in [0.2, 0.25) is 0 Å². The number of pyridine rings is 1. The third kappa shape index (κ3) is 7.13. The number of amidine groups is 2. The van der Waals surface area contributed by atoms with E-state index >= 15 is 0 Å². The summed E-state index contributed by atoms with van der Waals surface area (Å²) in [6, 6.07) is 68.3. The molecule has 8 aromatic rings. The Morgan fingerprint density at radius 3 is 1.67 bits per heavy atom. The molecule has 1 heterocycles. The molecule has 1 atom stereocenters. The summed E-state index contributed by atoms with van der Waals surface area (Å²) in [4.78, 5) is 18.5. The molecule has 4 heteroatoms. The molecular formula is C54H44N4. The zero-order valence-corrected chi connectivity index (χ0v) is 32.8. The van der Waals surface area contributed by atoms with Crippen LogP contribution in [0.3, 0.4) is 0 Å². The van der Waals surface area contributed by atoms with Crippen LogP contribution < -0.4 is 0 Å². The Balaban J connectivity index is 0.00000231. The molecule has 1 aliphatic rings. The van der Waals surface area contributed by atoms with Gasteiger partial charge in [0.1, 0.15) is 0 Å². The molecule has 0 saturated heterocycles. The van der Waals surface area contributed by atoms with Crippen LogP contribution >= 0.6 is 0 Å². The first-order chi connectivity index (χ1) is 28.7. The minimum absolute atomic E-state index is 0.466. The zero-order valence-electron chi connectivity index (χ0n) is 32.8. The van der Waals surface area contributed by atoms with E-state index in [1.807, 2.05) is 74.8 Å². The van der Waals surface area contributed by atoms with E-state index in [0.717, 1.165) is 27.8 Å². The van der Waals surface area contributed by atoms with Crippen LogP contribution in [0.1, 0.15) is 52.8 Å². The fourth-order valence-electron chi connectivity index (χ4n) is 8.12. The molecule has 1 unspecified atom stereocenters. The van der Waals surface area contributed by atoms with Gasteiger partial charge in [-0.3, -0.25) is 9.98 Å². The van der Waals surface area contributed by atoms with Crippen LogP contribution in [0, 0.1) is 0 Å². The van der Waals surface area contributed by atoms with Gasteiger partial charge in [-0.25, -0.2) is 9.98 Å². The van der Waals surface area contributed by atoms with Gasteiger partial charge in [0, 0.05) is 23.5 Å².